The van der Waals surface area contributed by atoms with Gasteiger partial charge in [0.15, 0.2) is 5.11 Å². The third kappa shape index (κ3) is 5.09. The van der Waals surface area contributed by atoms with Crippen molar-refractivity contribution in [3.63, 3.8) is 0 Å². The molecule has 0 fully saturated rings. The molecule has 2 rings (SSSR count). The molecule has 0 bridgehead atoms. The average Bonchev–Trinajstić information content (AvgIpc) is 2.47. The molecule has 4 nitrogen and oxygen atoms in total. The highest BCUT2D eigenvalue weighted by molar-refractivity contribution is 9.10. The van der Waals surface area contributed by atoms with Crippen molar-refractivity contribution in [1.29, 1.82) is 0 Å². The second kappa shape index (κ2) is 7.86. The van der Waals surface area contributed by atoms with Crippen LogP contribution in [0.25, 0.3) is 0 Å². The van der Waals surface area contributed by atoms with Crippen molar-refractivity contribution in [1.82, 2.24) is 5.43 Å². The summed E-state index contributed by atoms with van der Waals surface area (Å²) in [6.07, 6.45) is 1.58. The van der Waals surface area contributed by atoms with Gasteiger partial charge in [-0.05, 0) is 54.2 Å². The summed E-state index contributed by atoms with van der Waals surface area (Å²) in [6.45, 7) is 0.162. The number of halogens is 2. The molecular weight excluding hydrogens is 369 g/mol. The zero-order valence-electron chi connectivity index (χ0n) is 11.4. The van der Waals surface area contributed by atoms with Crippen LogP contribution in [0.2, 0.25) is 0 Å². The summed E-state index contributed by atoms with van der Waals surface area (Å²) in [4.78, 5) is 0. The van der Waals surface area contributed by atoms with Gasteiger partial charge in [-0.25, -0.2) is 4.39 Å². The minimum Gasteiger partial charge on any atom is -0.489 e. The molecule has 7 heteroatoms. The van der Waals surface area contributed by atoms with E-state index in [4.69, 9.17) is 10.5 Å². The van der Waals surface area contributed by atoms with Gasteiger partial charge in [0, 0.05) is 10.0 Å². The Hall–Kier alpha value is -1.99. The molecule has 0 aliphatic heterocycles. The first-order valence-electron chi connectivity index (χ1n) is 6.30. The van der Waals surface area contributed by atoms with Gasteiger partial charge in [-0.2, -0.15) is 5.10 Å². The van der Waals surface area contributed by atoms with Gasteiger partial charge in [-0.3, -0.25) is 5.43 Å². The van der Waals surface area contributed by atoms with Crippen molar-refractivity contribution in [2.75, 3.05) is 0 Å². The molecular formula is C15H13BrFN3OS. The van der Waals surface area contributed by atoms with Gasteiger partial charge in [-0.15, -0.1) is 0 Å². The van der Waals surface area contributed by atoms with Crippen molar-refractivity contribution < 1.29 is 9.13 Å². The van der Waals surface area contributed by atoms with Crippen LogP contribution in [-0.2, 0) is 6.61 Å². The van der Waals surface area contributed by atoms with E-state index in [1.165, 1.54) is 6.07 Å². The third-order valence-electron chi connectivity index (χ3n) is 2.68. The predicted molar refractivity (Wildman–Crippen MR) is 92.4 cm³/mol. The molecule has 0 aliphatic rings. The van der Waals surface area contributed by atoms with Crippen LogP contribution in [-0.4, -0.2) is 11.3 Å². The van der Waals surface area contributed by atoms with Crippen LogP contribution in [0.4, 0.5) is 4.39 Å². The highest BCUT2D eigenvalue weighted by Crippen LogP contribution is 2.18. The highest BCUT2D eigenvalue weighted by atomic mass is 79.9. The fourth-order valence-electron chi connectivity index (χ4n) is 1.62. The fraction of sp³-hybridized carbons (Fsp3) is 0.0667. The molecule has 0 spiro atoms. The number of hydrogen-bond acceptors (Lipinski definition) is 3. The maximum absolute atomic E-state index is 13.7. The SMILES string of the molecule is NC(=S)NN=Cc1ccc(OCc2ccc(Br)cc2F)cc1. The molecule has 0 heterocycles. The quantitative estimate of drug-likeness (QED) is 0.473. The number of nitrogens with zero attached hydrogens (tertiary/aromatic N) is 1. The summed E-state index contributed by atoms with van der Waals surface area (Å²) in [7, 11) is 0. The van der Waals surface area contributed by atoms with Crippen LogP contribution in [0.1, 0.15) is 11.1 Å². The molecule has 0 aliphatic carbocycles. The lowest BCUT2D eigenvalue weighted by Crippen LogP contribution is -2.23. The van der Waals surface area contributed by atoms with Gasteiger partial charge >= 0.3 is 0 Å². The molecule has 114 valence electrons. The monoisotopic (exact) mass is 381 g/mol. The molecule has 0 radical (unpaired) electrons. The van der Waals surface area contributed by atoms with Gasteiger partial charge in [0.25, 0.3) is 0 Å². The van der Waals surface area contributed by atoms with E-state index in [0.717, 1.165) is 5.56 Å². The van der Waals surface area contributed by atoms with Crippen LogP contribution in [0.15, 0.2) is 52.0 Å². The first-order chi connectivity index (χ1) is 10.5. The van der Waals surface area contributed by atoms with Crippen molar-refractivity contribution in [3.05, 3.63) is 63.9 Å². The molecule has 2 aromatic carbocycles. The fourth-order valence-corrected chi connectivity index (χ4v) is 2.01. The number of ether oxygens (including phenoxy) is 1. The van der Waals surface area contributed by atoms with Crippen LogP contribution in [0, 0.1) is 5.82 Å². The van der Waals surface area contributed by atoms with E-state index in [-0.39, 0.29) is 17.5 Å². The summed E-state index contributed by atoms with van der Waals surface area (Å²) in [5.41, 5.74) is 9.07. The van der Waals surface area contributed by atoms with Crippen LogP contribution in [0.3, 0.4) is 0 Å². The normalized spacial score (nSPS) is 10.6. The topological polar surface area (TPSA) is 59.6 Å². The Morgan fingerprint density at radius 1 is 1.32 bits per heavy atom. The Morgan fingerprint density at radius 2 is 2.05 bits per heavy atom. The average molecular weight is 382 g/mol. The lowest BCUT2D eigenvalue weighted by molar-refractivity contribution is 0.300. The first-order valence-corrected chi connectivity index (χ1v) is 7.50. The summed E-state index contributed by atoms with van der Waals surface area (Å²) < 4.78 is 19.9. The van der Waals surface area contributed by atoms with Crippen molar-refractivity contribution in [3.8, 4) is 5.75 Å². The molecule has 22 heavy (non-hydrogen) atoms. The van der Waals surface area contributed by atoms with Crippen LogP contribution >= 0.6 is 28.1 Å². The predicted octanol–water partition coefficient (Wildman–Crippen LogP) is 3.33. The van der Waals surface area contributed by atoms with E-state index in [9.17, 15) is 4.39 Å². The number of rotatable bonds is 5. The van der Waals surface area contributed by atoms with E-state index in [1.54, 1.807) is 30.5 Å². The third-order valence-corrected chi connectivity index (χ3v) is 3.26. The summed E-state index contributed by atoms with van der Waals surface area (Å²) in [5, 5.41) is 3.95. The summed E-state index contributed by atoms with van der Waals surface area (Å²) >= 11 is 7.85. The molecule has 0 amide bonds. The van der Waals surface area contributed by atoms with Crippen LogP contribution < -0.4 is 15.9 Å². The minimum absolute atomic E-state index is 0.104. The van der Waals surface area contributed by atoms with Crippen molar-refractivity contribution >= 4 is 39.5 Å². The summed E-state index contributed by atoms with van der Waals surface area (Å²) in [5.74, 6) is 0.337. The smallest absolute Gasteiger partial charge is 0.184 e. The standard InChI is InChI=1S/C15H13BrFN3OS/c16-12-4-3-11(14(17)7-12)9-21-13-5-1-10(2-6-13)8-19-20-15(18)22/h1-8H,9H2,(H3,18,20,22). The van der Waals surface area contributed by atoms with Crippen LogP contribution in [0.5, 0.6) is 5.75 Å². The Balaban J connectivity index is 1.93. The zero-order chi connectivity index (χ0) is 15.9. The molecule has 0 atom stereocenters. The second-order valence-corrected chi connectivity index (χ2v) is 5.68. The Morgan fingerprint density at radius 3 is 2.68 bits per heavy atom. The van der Waals surface area contributed by atoms with E-state index in [2.05, 4.69) is 38.7 Å². The van der Waals surface area contributed by atoms with Crippen molar-refractivity contribution in [2.24, 2.45) is 10.8 Å². The number of thiocarbonyl (C=S) groups is 1. The zero-order valence-corrected chi connectivity index (χ0v) is 13.8. The maximum Gasteiger partial charge on any atom is 0.184 e. The summed E-state index contributed by atoms with van der Waals surface area (Å²) in [6, 6.07) is 12.1. The molecule has 2 aromatic rings. The second-order valence-electron chi connectivity index (χ2n) is 4.33. The number of nitrogens with one attached hydrogen (secondary N) is 1. The molecule has 0 saturated carbocycles. The number of hydrogen-bond donors (Lipinski definition) is 2. The van der Waals surface area contributed by atoms with E-state index < -0.39 is 0 Å². The number of benzene rings is 2. The van der Waals surface area contributed by atoms with E-state index >= 15 is 0 Å². The maximum atomic E-state index is 13.7. The lowest BCUT2D eigenvalue weighted by Gasteiger charge is -2.07. The largest absolute Gasteiger partial charge is 0.489 e. The van der Waals surface area contributed by atoms with Gasteiger partial charge in [0.2, 0.25) is 0 Å². The molecule has 3 N–H and O–H groups in total. The molecule has 0 unspecified atom stereocenters. The van der Waals surface area contributed by atoms with E-state index in [1.807, 2.05) is 12.1 Å². The van der Waals surface area contributed by atoms with Gasteiger partial charge in [0.1, 0.15) is 18.2 Å². The van der Waals surface area contributed by atoms with Gasteiger partial charge in [0.05, 0.1) is 6.21 Å². The minimum atomic E-state index is -0.304. The lowest BCUT2D eigenvalue weighted by atomic mass is 10.2. The van der Waals surface area contributed by atoms with Crippen molar-refractivity contribution in [2.45, 2.75) is 6.61 Å². The Kier molecular flexibility index (Phi) is 5.85. The molecule has 0 aromatic heterocycles. The highest BCUT2D eigenvalue weighted by Gasteiger charge is 2.03. The number of hydrazone groups is 1. The van der Waals surface area contributed by atoms with Gasteiger partial charge in [-0.1, -0.05) is 22.0 Å². The molecule has 0 saturated heterocycles. The van der Waals surface area contributed by atoms with Gasteiger partial charge < -0.3 is 10.5 Å². The Bertz CT molecular complexity index is 692. The van der Waals surface area contributed by atoms with E-state index in [0.29, 0.717) is 15.8 Å². The Labute approximate surface area is 141 Å². The number of nitrogens with two attached hydrogens (primary N) is 1. The first kappa shape index (κ1) is 16.4.